The molecule has 0 spiro atoms. The summed E-state index contributed by atoms with van der Waals surface area (Å²) >= 11 is 0. The van der Waals surface area contributed by atoms with Crippen LogP contribution in [0.15, 0.2) is 18.3 Å². The standard InChI is InChI=1S/C15H24N2O/c1-11-3-6-14(7-4-11)18-15-8-5-13(17-10-15)9-12(2)16/h5,8,10-12,14H,3-4,6-7,9,16H2,1-2H3. The Morgan fingerprint density at radius 1 is 1.33 bits per heavy atom. The molecule has 1 aromatic heterocycles. The highest BCUT2D eigenvalue weighted by Crippen LogP contribution is 2.26. The number of hydrogen-bond acceptors (Lipinski definition) is 3. The van der Waals surface area contributed by atoms with Crippen molar-refractivity contribution in [2.24, 2.45) is 11.7 Å². The molecule has 0 radical (unpaired) electrons. The topological polar surface area (TPSA) is 48.1 Å². The van der Waals surface area contributed by atoms with E-state index < -0.39 is 0 Å². The molecule has 0 amide bonds. The summed E-state index contributed by atoms with van der Waals surface area (Å²) in [5.74, 6) is 1.75. The number of aromatic nitrogens is 1. The van der Waals surface area contributed by atoms with E-state index in [0.717, 1.165) is 23.8 Å². The fraction of sp³-hybridized carbons (Fsp3) is 0.667. The summed E-state index contributed by atoms with van der Waals surface area (Å²) in [5, 5.41) is 0. The van der Waals surface area contributed by atoms with Gasteiger partial charge < -0.3 is 10.5 Å². The van der Waals surface area contributed by atoms with E-state index in [1.165, 1.54) is 25.7 Å². The second-order valence-electron chi connectivity index (χ2n) is 5.67. The monoisotopic (exact) mass is 248 g/mol. The molecule has 100 valence electrons. The summed E-state index contributed by atoms with van der Waals surface area (Å²) in [6.45, 7) is 4.32. The third-order valence-corrected chi connectivity index (χ3v) is 3.59. The van der Waals surface area contributed by atoms with Gasteiger partial charge in [-0.2, -0.15) is 0 Å². The molecule has 0 saturated heterocycles. The lowest BCUT2D eigenvalue weighted by atomic mass is 9.89. The maximum absolute atomic E-state index is 5.97. The Morgan fingerprint density at radius 3 is 2.61 bits per heavy atom. The van der Waals surface area contributed by atoms with Gasteiger partial charge in [0.05, 0.1) is 12.3 Å². The normalized spacial score (nSPS) is 25.7. The minimum Gasteiger partial charge on any atom is -0.489 e. The SMILES string of the molecule is CC(N)Cc1ccc(OC2CCC(C)CC2)cn1. The molecule has 2 N–H and O–H groups in total. The van der Waals surface area contributed by atoms with Gasteiger partial charge in [0, 0.05) is 18.2 Å². The summed E-state index contributed by atoms with van der Waals surface area (Å²) in [6.07, 6.45) is 7.92. The molecular formula is C15H24N2O. The largest absolute Gasteiger partial charge is 0.489 e. The van der Waals surface area contributed by atoms with Gasteiger partial charge in [0.1, 0.15) is 5.75 Å². The number of pyridine rings is 1. The van der Waals surface area contributed by atoms with Crippen molar-refractivity contribution < 1.29 is 4.74 Å². The van der Waals surface area contributed by atoms with E-state index in [4.69, 9.17) is 10.5 Å². The Balaban J connectivity index is 1.86. The summed E-state index contributed by atoms with van der Waals surface area (Å²) in [4.78, 5) is 4.39. The third kappa shape index (κ3) is 3.98. The number of hydrogen-bond donors (Lipinski definition) is 1. The van der Waals surface area contributed by atoms with Gasteiger partial charge in [0.25, 0.3) is 0 Å². The first kappa shape index (κ1) is 13.3. The van der Waals surface area contributed by atoms with Gasteiger partial charge in [-0.1, -0.05) is 6.92 Å². The summed E-state index contributed by atoms with van der Waals surface area (Å²) in [7, 11) is 0. The quantitative estimate of drug-likeness (QED) is 0.891. The molecule has 1 unspecified atom stereocenters. The van der Waals surface area contributed by atoms with Crippen molar-refractivity contribution in [3.8, 4) is 5.75 Å². The Hall–Kier alpha value is -1.09. The first-order chi connectivity index (χ1) is 8.63. The number of rotatable bonds is 4. The molecule has 3 nitrogen and oxygen atoms in total. The van der Waals surface area contributed by atoms with Gasteiger partial charge in [-0.3, -0.25) is 4.98 Å². The predicted octanol–water partition coefficient (Wildman–Crippen LogP) is 2.93. The fourth-order valence-electron chi connectivity index (χ4n) is 2.47. The number of nitrogens with zero attached hydrogens (tertiary/aromatic N) is 1. The smallest absolute Gasteiger partial charge is 0.138 e. The number of nitrogens with two attached hydrogens (primary N) is 1. The Morgan fingerprint density at radius 2 is 2.06 bits per heavy atom. The van der Waals surface area contributed by atoms with Crippen LogP contribution in [0.1, 0.15) is 45.2 Å². The van der Waals surface area contributed by atoms with Crippen LogP contribution in [0.25, 0.3) is 0 Å². The second-order valence-corrected chi connectivity index (χ2v) is 5.67. The highest BCUT2D eigenvalue weighted by atomic mass is 16.5. The van der Waals surface area contributed by atoms with Crippen molar-refractivity contribution in [3.05, 3.63) is 24.0 Å². The first-order valence-corrected chi connectivity index (χ1v) is 7.00. The zero-order chi connectivity index (χ0) is 13.0. The molecule has 1 aromatic rings. The zero-order valence-electron chi connectivity index (χ0n) is 11.4. The van der Waals surface area contributed by atoms with Crippen LogP contribution in [-0.4, -0.2) is 17.1 Å². The fourth-order valence-corrected chi connectivity index (χ4v) is 2.47. The van der Waals surface area contributed by atoms with Crippen LogP contribution in [0.2, 0.25) is 0 Å². The molecule has 0 bridgehead atoms. The molecule has 0 aliphatic heterocycles. The van der Waals surface area contributed by atoms with Gasteiger partial charge in [0.15, 0.2) is 0 Å². The van der Waals surface area contributed by atoms with Crippen molar-refractivity contribution in [3.63, 3.8) is 0 Å². The minimum atomic E-state index is 0.157. The van der Waals surface area contributed by atoms with Crippen molar-refractivity contribution in [2.75, 3.05) is 0 Å². The molecule has 1 heterocycles. The highest BCUT2D eigenvalue weighted by molar-refractivity contribution is 5.20. The van der Waals surface area contributed by atoms with Crippen LogP contribution >= 0.6 is 0 Å². The first-order valence-electron chi connectivity index (χ1n) is 7.00. The van der Waals surface area contributed by atoms with E-state index in [2.05, 4.69) is 11.9 Å². The molecule has 0 aromatic carbocycles. The molecule has 18 heavy (non-hydrogen) atoms. The van der Waals surface area contributed by atoms with E-state index >= 15 is 0 Å². The van der Waals surface area contributed by atoms with E-state index in [1.54, 1.807) is 0 Å². The van der Waals surface area contributed by atoms with Crippen LogP contribution in [0.5, 0.6) is 5.75 Å². The van der Waals surface area contributed by atoms with Crippen molar-refractivity contribution in [1.29, 1.82) is 0 Å². The van der Waals surface area contributed by atoms with Crippen LogP contribution in [0.4, 0.5) is 0 Å². The maximum atomic E-state index is 5.97. The van der Waals surface area contributed by atoms with Crippen LogP contribution < -0.4 is 10.5 Å². The number of ether oxygens (including phenoxy) is 1. The van der Waals surface area contributed by atoms with E-state index in [-0.39, 0.29) is 6.04 Å². The molecule has 1 fully saturated rings. The molecule has 1 atom stereocenters. The minimum absolute atomic E-state index is 0.157. The average molecular weight is 248 g/mol. The Kier molecular flexibility index (Phi) is 4.59. The Bertz CT molecular complexity index is 353. The van der Waals surface area contributed by atoms with Crippen LogP contribution in [-0.2, 0) is 6.42 Å². The lowest BCUT2D eigenvalue weighted by Crippen LogP contribution is -2.23. The highest BCUT2D eigenvalue weighted by Gasteiger charge is 2.19. The summed E-state index contributed by atoms with van der Waals surface area (Å²) < 4.78 is 5.97. The van der Waals surface area contributed by atoms with E-state index in [0.29, 0.717) is 6.10 Å². The van der Waals surface area contributed by atoms with Gasteiger partial charge in [0.2, 0.25) is 0 Å². The molecule has 2 rings (SSSR count). The van der Waals surface area contributed by atoms with Gasteiger partial charge >= 0.3 is 0 Å². The van der Waals surface area contributed by atoms with Crippen molar-refractivity contribution in [2.45, 2.75) is 58.1 Å². The molecule has 1 aliphatic rings. The van der Waals surface area contributed by atoms with E-state index in [9.17, 15) is 0 Å². The van der Waals surface area contributed by atoms with Gasteiger partial charge in [-0.25, -0.2) is 0 Å². The van der Waals surface area contributed by atoms with Crippen molar-refractivity contribution >= 4 is 0 Å². The second kappa shape index (κ2) is 6.19. The maximum Gasteiger partial charge on any atom is 0.138 e. The average Bonchev–Trinajstić information content (AvgIpc) is 2.34. The van der Waals surface area contributed by atoms with Gasteiger partial charge in [-0.05, 0) is 50.7 Å². The summed E-state index contributed by atoms with van der Waals surface area (Å²) in [6, 6.07) is 4.19. The van der Waals surface area contributed by atoms with E-state index in [1.807, 2.05) is 25.3 Å². The van der Waals surface area contributed by atoms with Crippen LogP contribution in [0, 0.1) is 5.92 Å². The summed E-state index contributed by atoms with van der Waals surface area (Å²) in [5.41, 5.74) is 6.79. The molecular weight excluding hydrogens is 224 g/mol. The third-order valence-electron chi connectivity index (χ3n) is 3.59. The molecule has 1 aliphatic carbocycles. The van der Waals surface area contributed by atoms with Gasteiger partial charge in [-0.15, -0.1) is 0 Å². The van der Waals surface area contributed by atoms with Crippen LogP contribution in [0.3, 0.4) is 0 Å². The Labute approximate surface area is 110 Å². The molecule has 1 saturated carbocycles. The van der Waals surface area contributed by atoms with Crippen molar-refractivity contribution in [1.82, 2.24) is 4.98 Å². The lowest BCUT2D eigenvalue weighted by molar-refractivity contribution is 0.135. The predicted molar refractivity (Wildman–Crippen MR) is 73.6 cm³/mol. The lowest BCUT2D eigenvalue weighted by Gasteiger charge is -2.26. The molecule has 3 heteroatoms. The zero-order valence-corrected chi connectivity index (χ0v) is 11.4.